The van der Waals surface area contributed by atoms with Crippen molar-refractivity contribution in [2.24, 2.45) is 0 Å². The molecule has 0 aliphatic carbocycles. The normalized spacial score (nSPS) is 10.9. The number of thiazole rings is 1. The highest BCUT2D eigenvalue weighted by molar-refractivity contribution is 7.14. The summed E-state index contributed by atoms with van der Waals surface area (Å²) in [6, 6.07) is 28.2. The lowest BCUT2D eigenvalue weighted by Gasteiger charge is -2.17. The van der Waals surface area contributed by atoms with Crippen LogP contribution in [0.2, 0.25) is 0 Å². The van der Waals surface area contributed by atoms with Crippen LogP contribution in [0.4, 0.5) is 5.13 Å². The maximum atomic E-state index is 13.2. The second-order valence-corrected chi connectivity index (χ2v) is 8.09. The maximum absolute atomic E-state index is 13.2. The molecule has 0 radical (unpaired) electrons. The van der Waals surface area contributed by atoms with Crippen LogP contribution in [-0.4, -0.2) is 10.9 Å². The lowest BCUT2D eigenvalue weighted by molar-refractivity contribution is -0.116. The first-order chi connectivity index (χ1) is 14.7. The van der Waals surface area contributed by atoms with E-state index in [2.05, 4.69) is 41.5 Å². The Morgan fingerprint density at radius 1 is 0.900 bits per heavy atom. The quantitative estimate of drug-likeness (QED) is 0.375. The van der Waals surface area contributed by atoms with Crippen LogP contribution in [0.3, 0.4) is 0 Å². The molecule has 0 bridgehead atoms. The Kier molecular flexibility index (Phi) is 6.35. The Morgan fingerprint density at radius 3 is 2.07 bits per heavy atom. The number of nitrogens with one attached hydrogen (secondary N) is 1. The minimum absolute atomic E-state index is 0.0772. The van der Waals surface area contributed by atoms with Crippen molar-refractivity contribution in [3.05, 3.63) is 107 Å². The fraction of sp³-hybridized carbons (Fsp3) is 0.154. The predicted octanol–water partition coefficient (Wildman–Crippen LogP) is 6.53. The molecule has 0 spiro atoms. The van der Waals surface area contributed by atoms with E-state index in [1.807, 2.05) is 66.0 Å². The first-order valence-corrected chi connectivity index (χ1v) is 11.1. The molecule has 0 saturated carbocycles. The van der Waals surface area contributed by atoms with Gasteiger partial charge in [-0.3, -0.25) is 4.79 Å². The summed E-state index contributed by atoms with van der Waals surface area (Å²) in [5.41, 5.74) is 5.20. The van der Waals surface area contributed by atoms with Gasteiger partial charge in [0.25, 0.3) is 0 Å². The van der Waals surface area contributed by atoms with Crippen molar-refractivity contribution in [3.63, 3.8) is 0 Å². The van der Waals surface area contributed by atoms with Gasteiger partial charge >= 0.3 is 0 Å². The summed E-state index contributed by atoms with van der Waals surface area (Å²) < 4.78 is 0. The van der Waals surface area contributed by atoms with Crippen LogP contribution >= 0.6 is 11.3 Å². The molecule has 4 heteroatoms. The number of benzene rings is 3. The van der Waals surface area contributed by atoms with E-state index >= 15 is 0 Å². The van der Waals surface area contributed by atoms with E-state index in [0.717, 1.165) is 35.2 Å². The van der Waals surface area contributed by atoms with Gasteiger partial charge in [0.05, 0.1) is 11.6 Å². The van der Waals surface area contributed by atoms with Crippen molar-refractivity contribution in [3.8, 4) is 11.3 Å². The smallest absolute Gasteiger partial charge is 0.238 e. The fourth-order valence-electron chi connectivity index (χ4n) is 3.56. The summed E-state index contributed by atoms with van der Waals surface area (Å²) in [5.74, 6) is -0.459. The Balaban J connectivity index is 1.55. The Bertz CT molecular complexity index is 1050. The maximum Gasteiger partial charge on any atom is 0.238 e. The molecule has 1 N–H and O–H groups in total. The van der Waals surface area contributed by atoms with Gasteiger partial charge in [-0.25, -0.2) is 4.98 Å². The van der Waals surface area contributed by atoms with Gasteiger partial charge in [-0.1, -0.05) is 98.3 Å². The highest BCUT2D eigenvalue weighted by atomic mass is 32.1. The van der Waals surface area contributed by atoms with Gasteiger partial charge < -0.3 is 5.32 Å². The van der Waals surface area contributed by atoms with Crippen molar-refractivity contribution in [1.82, 2.24) is 4.98 Å². The second kappa shape index (κ2) is 9.51. The van der Waals surface area contributed by atoms with E-state index in [0.29, 0.717) is 5.13 Å². The average molecular weight is 413 g/mol. The monoisotopic (exact) mass is 412 g/mol. The summed E-state index contributed by atoms with van der Waals surface area (Å²) in [6.07, 6.45) is 2.22. The molecule has 1 amide bonds. The molecular weight excluding hydrogens is 388 g/mol. The van der Waals surface area contributed by atoms with Crippen molar-refractivity contribution in [1.29, 1.82) is 0 Å². The molecule has 3 nitrogen and oxygen atoms in total. The van der Waals surface area contributed by atoms with E-state index in [4.69, 9.17) is 0 Å². The molecular formula is C26H24N2OS. The second-order valence-electron chi connectivity index (χ2n) is 7.23. The minimum atomic E-state index is -0.381. The lowest BCUT2D eigenvalue weighted by Crippen LogP contribution is -2.22. The molecule has 1 heterocycles. The Labute approximate surface area is 181 Å². The number of carbonyl (C=O) groups is 1. The number of nitrogens with zero attached hydrogens (tertiary/aromatic N) is 1. The number of hydrogen-bond acceptors (Lipinski definition) is 3. The summed E-state index contributed by atoms with van der Waals surface area (Å²) in [5, 5.41) is 5.64. The Hall–Kier alpha value is -3.24. The van der Waals surface area contributed by atoms with Crippen LogP contribution in [0, 0.1) is 0 Å². The number of anilines is 1. The van der Waals surface area contributed by atoms with Gasteiger partial charge in [0.15, 0.2) is 5.13 Å². The molecule has 150 valence electrons. The Morgan fingerprint density at radius 2 is 1.50 bits per heavy atom. The third kappa shape index (κ3) is 4.66. The predicted molar refractivity (Wildman–Crippen MR) is 125 cm³/mol. The number of amides is 1. The molecule has 4 rings (SSSR count). The van der Waals surface area contributed by atoms with Crippen molar-refractivity contribution in [2.75, 3.05) is 5.32 Å². The molecule has 3 aromatic carbocycles. The molecule has 0 aliphatic heterocycles. The molecule has 0 saturated heterocycles. The molecule has 0 unspecified atom stereocenters. The molecule has 4 aromatic rings. The zero-order valence-electron chi connectivity index (χ0n) is 16.9. The van der Waals surface area contributed by atoms with Gasteiger partial charge in [-0.15, -0.1) is 11.3 Å². The zero-order chi connectivity index (χ0) is 20.8. The van der Waals surface area contributed by atoms with Crippen LogP contribution in [0.5, 0.6) is 0 Å². The van der Waals surface area contributed by atoms with Gasteiger partial charge in [0, 0.05) is 10.9 Å². The van der Waals surface area contributed by atoms with Crippen LogP contribution in [0.1, 0.15) is 36.0 Å². The fourth-order valence-corrected chi connectivity index (χ4v) is 4.28. The summed E-state index contributed by atoms with van der Waals surface area (Å²) >= 11 is 1.45. The molecule has 0 aliphatic rings. The number of rotatable bonds is 7. The summed E-state index contributed by atoms with van der Waals surface area (Å²) in [4.78, 5) is 17.9. The van der Waals surface area contributed by atoms with E-state index in [1.54, 1.807) is 0 Å². The number of aromatic nitrogens is 1. The van der Waals surface area contributed by atoms with Crippen LogP contribution in [0.15, 0.2) is 90.3 Å². The van der Waals surface area contributed by atoms with Crippen molar-refractivity contribution in [2.45, 2.75) is 25.7 Å². The van der Waals surface area contributed by atoms with Crippen molar-refractivity contribution < 1.29 is 4.79 Å². The summed E-state index contributed by atoms with van der Waals surface area (Å²) in [7, 11) is 0. The highest BCUT2D eigenvalue weighted by Gasteiger charge is 2.23. The average Bonchev–Trinajstić information content (AvgIpc) is 3.24. The largest absolute Gasteiger partial charge is 0.301 e. The summed E-state index contributed by atoms with van der Waals surface area (Å²) in [6.45, 7) is 2.18. The third-order valence-corrected chi connectivity index (χ3v) is 5.81. The molecule has 0 fully saturated rings. The standard InChI is InChI=1S/C26H24N2OS/c1-2-9-19-14-16-20(17-15-19)23-18-30-26(27-23)28-25(29)24(21-10-5-3-6-11-21)22-12-7-4-8-13-22/h3-8,10-18,24H,2,9H2,1H3,(H,27,28,29). The molecule has 1 aromatic heterocycles. The van der Waals surface area contributed by atoms with Crippen LogP contribution in [-0.2, 0) is 11.2 Å². The van der Waals surface area contributed by atoms with Crippen LogP contribution < -0.4 is 5.32 Å². The first kappa shape index (κ1) is 20.0. The van der Waals surface area contributed by atoms with E-state index in [-0.39, 0.29) is 11.8 Å². The van der Waals surface area contributed by atoms with Gasteiger partial charge in [0.1, 0.15) is 0 Å². The zero-order valence-corrected chi connectivity index (χ0v) is 17.7. The number of hydrogen-bond donors (Lipinski definition) is 1. The third-order valence-electron chi connectivity index (χ3n) is 5.05. The van der Waals surface area contributed by atoms with E-state index in [1.165, 1.54) is 16.9 Å². The lowest BCUT2D eigenvalue weighted by atomic mass is 9.90. The molecule has 0 atom stereocenters. The number of aryl methyl sites for hydroxylation is 1. The highest BCUT2D eigenvalue weighted by Crippen LogP contribution is 2.29. The molecule has 30 heavy (non-hydrogen) atoms. The SMILES string of the molecule is CCCc1ccc(-c2csc(NC(=O)C(c3ccccc3)c3ccccc3)n2)cc1. The minimum Gasteiger partial charge on any atom is -0.301 e. The van der Waals surface area contributed by atoms with Gasteiger partial charge in [0.2, 0.25) is 5.91 Å². The van der Waals surface area contributed by atoms with Gasteiger partial charge in [-0.2, -0.15) is 0 Å². The van der Waals surface area contributed by atoms with Crippen LogP contribution in [0.25, 0.3) is 11.3 Å². The first-order valence-electron chi connectivity index (χ1n) is 10.2. The van der Waals surface area contributed by atoms with E-state index in [9.17, 15) is 4.79 Å². The van der Waals surface area contributed by atoms with E-state index < -0.39 is 0 Å². The number of carbonyl (C=O) groups excluding carboxylic acids is 1. The topological polar surface area (TPSA) is 42.0 Å². The van der Waals surface area contributed by atoms with Crippen molar-refractivity contribution >= 4 is 22.4 Å². The van der Waals surface area contributed by atoms with Gasteiger partial charge in [-0.05, 0) is 23.1 Å².